The molecular formula is C11H13ClFN3. The van der Waals surface area contributed by atoms with Crippen LogP contribution in [0.1, 0.15) is 12.1 Å². The first-order valence-electron chi connectivity index (χ1n) is 5.19. The lowest BCUT2D eigenvalue weighted by molar-refractivity contribution is 0.458. The van der Waals surface area contributed by atoms with E-state index in [0.29, 0.717) is 24.5 Å². The molecule has 2 aromatic heterocycles. The van der Waals surface area contributed by atoms with Gasteiger partial charge in [-0.15, -0.1) is 0 Å². The Morgan fingerprint density at radius 1 is 1.44 bits per heavy atom. The van der Waals surface area contributed by atoms with Crippen LogP contribution in [0.25, 0.3) is 5.65 Å². The van der Waals surface area contributed by atoms with Crippen LogP contribution in [0, 0.1) is 0 Å². The summed E-state index contributed by atoms with van der Waals surface area (Å²) in [6.45, 7) is 1.05. The van der Waals surface area contributed by atoms with Crippen LogP contribution in [0.15, 0.2) is 24.5 Å². The van der Waals surface area contributed by atoms with E-state index in [4.69, 9.17) is 11.6 Å². The maximum atomic E-state index is 11.9. The van der Waals surface area contributed by atoms with Gasteiger partial charge in [-0.25, -0.2) is 4.98 Å². The molecule has 0 aromatic carbocycles. The lowest BCUT2D eigenvalue weighted by atomic mass is 10.4. The Kier molecular flexibility index (Phi) is 3.74. The van der Waals surface area contributed by atoms with Gasteiger partial charge >= 0.3 is 0 Å². The maximum Gasteiger partial charge on any atom is 0.137 e. The number of nitrogens with zero attached hydrogens (tertiary/aromatic N) is 2. The minimum absolute atomic E-state index is 0.286. The Bertz CT molecular complexity index is 469. The predicted octanol–water partition coefficient (Wildman–Crippen LogP) is 2.44. The first kappa shape index (κ1) is 11.4. The second kappa shape index (κ2) is 5.27. The van der Waals surface area contributed by atoms with Gasteiger partial charge in [-0.2, -0.15) is 0 Å². The number of imidazole rings is 1. The summed E-state index contributed by atoms with van der Waals surface area (Å²) in [5.74, 6) is 0. The molecule has 0 radical (unpaired) electrons. The van der Waals surface area contributed by atoms with Crippen molar-refractivity contribution in [3.63, 3.8) is 0 Å². The molecule has 0 bridgehead atoms. The van der Waals surface area contributed by atoms with Crippen LogP contribution >= 0.6 is 11.6 Å². The van der Waals surface area contributed by atoms with Gasteiger partial charge in [0.05, 0.1) is 23.6 Å². The van der Waals surface area contributed by atoms with Crippen LogP contribution in [-0.4, -0.2) is 22.6 Å². The van der Waals surface area contributed by atoms with Crippen LogP contribution in [0.4, 0.5) is 4.39 Å². The Morgan fingerprint density at radius 2 is 2.31 bits per heavy atom. The van der Waals surface area contributed by atoms with Gasteiger partial charge in [-0.05, 0) is 25.1 Å². The summed E-state index contributed by atoms with van der Waals surface area (Å²) in [5, 5.41) is 3.83. The van der Waals surface area contributed by atoms with Crippen molar-refractivity contribution in [3.8, 4) is 0 Å². The highest BCUT2D eigenvalue weighted by molar-refractivity contribution is 6.30. The zero-order chi connectivity index (χ0) is 11.4. The van der Waals surface area contributed by atoms with Gasteiger partial charge in [0.2, 0.25) is 0 Å². The van der Waals surface area contributed by atoms with Crippen molar-refractivity contribution in [2.24, 2.45) is 0 Å². The normalized spacial score (nSPS) is 11.1. The molecular weight excluding hydrogens is 229 g/mol. The third kappa shape index (κ3) is 2.51. The number of fused-ring (bicyclic) bond motifs is 1. The molecule has 1 N–H and O–H groups in total. The molecule has 2 heterocycles. The fourth-order valence-corrected chi connectivity index (χ4v) is 1.70. The van der Waals surface area contributed by atoms with E-state index < -0.39 is 0 Å². The number of hydrogen-bond donors (Lipinski definition) is 1. The molecule has 0 spiro atoms. The van der Waals surface area contributed by atoms with Gasteiger partial charge in [0, 0.05) is 12.7 Å². The molecule has 3 nitrogen and oxygen atoms in total. The van der Waals surface area contributed by atoms with Crippen LogP contribution in [0.2, 0.25) is 5.02 Å². The summed E-state index contributed by atoms with van der Waals surface area (Å²) in [4.78, 5) is 4.25. The summed E-state index contributed by atoms with van der Waals surface area (Å²) in [5.41, 5.74) is 1.89. The van der Waals surface area contributed by atoms with Gasteiger partial charge < -0.3 is 9.72 Å². The SMILES string of the molecule is FCCCNCc1cnc2ccc(Cl)cn12. The van der Waals surface area contributed by atoms with Gasteiger partial charge in [-0.1, -0.05) is 11.6 Å². The first-order valence-corrected chi connectivity index (χ1v) is 5.57. The largest absolute Gasteiger partial charge is 0.311 e. The molecule has 0 atom stereocenters. The van der Waals surface area contributed by atoms with E-state index in [0.717, 1.165) is 11.3 Å². The minimum atomic E-state index is -0.286. The van der Waals surface area contributed by atoms with E-state index in [-0.39, 0.29) is 6.67 Å². The fraction of sp³-hybridized carbons (Fsp3) is 0.364. The molecule has 2 aromatic rings. The van der Waals surface area contributed by atoms with Crippen LogP contribution in [0.5, 0.6) is 0 Å². The monoisotopic (exact) mass is 241 g/mol. The number of hydrogen-bond acceptors (Lipinski definition) is 2. The molecule has 5 heteroatoms. The number of halogens is 2. The quantitative estimate of drug-likeness (QED) is 0.815. The molecule has 16 heavy (non-hydrogen) atoms. The highest BCUT2D eigenvalue weighted by Gasteiger charge is 2.02. The average molecular weight is 242 g/mol. The van der Waals surface area contributed by atoms with Gasteiger partial charge in [0.1, 0.15) is 5.65 Å². The number of nitrogens with one attached hydrogen (secondary N) is 1. The molecule has 0 aliphatic heterocycles. The minimum Gasteiger partial charge on any atom is -0.311 e. The summed E-state index contributed by atoms with van der Waals surface area (Å²) in [6, 6.07) is 3.68. The third-order valence-electron chi connectivity index (χ3n) is 2.34. The van der Waals surface area contributed by atoms with E-state index in [9.17, 15) is 4.39 Å². The molecule has 0 amide bonds. The van der Waals surface area contributed by atoms with Crippen molar-refractivity contribution < 1.29 is 4.39 Å². The molecule has 0 aliphatic rings. The van der Waals surface area contributed by atoms with Crippen molar-refractivity contribution in [2.75, 3.05) is 13.2 Å². The van der Waals surface area contributed by atoms with E-state index in [1.54, 1.807) is 6.20 Å². The predicted molar refractivity (Wildman–Crippen MR) is 62.5 cm³/mol. The highest BCUT2D eigenvalue weighted by Crippen LogP contribution is 2.12. The van der Waals surface area contributed by atoms with Gasteiger partial charge in [0.15, 0.2) is 0 Å². The summed E-state index contributed by atoms with van der Waals surface area (Å²) in [6.07, 6.45) is 4.17. The summed E-state index contributed by atoms with van der Waals surface area (Å²) < 4.78 is 13.8. The molecule has 0 fully saturated rings. The second-order valence-electron chi connectivity index (χ2n) is 3.54. The summed E-state index contributed by atoms with van der Waals surface area (Å²) in [7, 11) is 0. The van der Waals surface area contributed by atoms with E-state index >= 15 is 0 Å². The van der Waals surface area contributed by atoms with Crippen molar-refractivity contribution in [1.29, 1.82) is 0 Å². The van der Waals surface area contributed by atoms with Crippen LogP contribution in [0.3, 0.4) is 0 Å². The van der Waals surface area contributed by atoms with Crippen LogP contribution < -0.4 is 5.32 Å². The van der Waals surface area contributed by atoms with Crippen LogP contribution in [-0.2, 0) is 6.54 Å². The molecule has 0 saturated carbocycles. The van der Waals surface area contributed by atoms with Gasteiger partial charge in [0.25, 0.3) is 0 Å². The van der Waals surface area contributed by atoms with Crippen molar-refractivity contribution in [2.45, 2.75) is 13.0 Å². The average Bonchev–Trinajstić information content (AvgIpc) is 2.67. The van der Waals surface area contributed by atoms with Crippen molar-refractivity contribution >= 4 is 17.2 Å². The van der Waals surface area contributed by atoms with Crippen molar-refractivity contribution in [1.82, 2.24) is 14.7 Å². The number of rotatable bonds is 5. The van der Waals surface area contributed by atoms with Gasteiger partial charge in [-0.3, -0.25) is 4.39 Å². The molecule has 86 valence electrons. The first-order chi connectivity index (χ1) is 7.81. The highest BCUT2D eigenvalue weighted by atomic mass is 35.5. The van der Waals surface area contributed by atoms with E-state index in [1.807, 2.05) is 22.7 Å². The standard InChI is InChI=1S/C11H13ClFN3/c12-9-2-3-11-15-7-10(16(11)8-9)6-14-5-1-4-13/h2-3,7-8,14H,1,4-6H2. The topological polar surface area (TPSA) is 29.3 Å². The number of alkyl halides is 1. The summed E-state index contributed by atoms with van der Waals surface area (Å²) >= 11 is 5.91. The Balaban J connectivity index is 2.09. The van der Waals surface area contributed by atoms with E-state index in [2.05, 4.69) is 10.3 Å². The second-order valence-corrected chi connectivity index (χ2v) is 3.98. The zero-order valence-corrected chi connectivity index (χ0v) is 9.54. The van der Waals surface area contributed by atoms with Crippen molar-refractivity contribution in [3.05, 3.63) is 35.2 Å². The smallest absolute Gasteiger partial charge is 0.137 e. The lowest BCUT2D eigenvalue weighted by Gasteiger charge is -2.03. The maximum absolute atomic E-state index is 11.9. The molecule has 0 aliphatic carbocycles. The fourth-order valence-electron chi connectivity index (χ4n) is 1.54. The number of pyridine rings is 1. The Morgan fingerprint density at radius 3 is 3.12 bits per heavy atom. The van der Waals surface area contributed by atoms with E-state index in [1.165, 1.54) is 0 Å². The molecule has 0 unspecified atom stereocenters. The Hall–Kier alpha value is -1.13. The zero-order valence-electron chi connectivity index (χ0n) is 8.79. The molecule has 0 saturated heterocycles. The molecule has 2 rings (SSSR count). The Labute approximate surface area is 98.2 Å². The lowest BCUT2D eigenvalue weighted by Crippen LogP contribution is -2.16. The number of aromatic nitrogens is 2. The third-order valence-corrected chi connectivity index (χ3v) is 2.56.